The lowest BCUT2D eigenvalue weighted by Gasteiger charge is -2.35. The molecule has 1 saturated carbocycles. The van der Waals surface area contributed by atoms with Crippen LogP contribution in [-0.2, 0) is 9.47 Å². The van der Waals surface area contributed by atoms with Gasteiger partial charge in [-0.25, -0.2) is 8.78 Å². The summed E-state index contributed by atoms with van der Waals surface area (Å²) in [6.45, 7) is 0. The van der Waals surface area contributed by atoms with Gasteiger partial charge < -0.3 is 0 Å². The highest BCUT2D eigenvalue weighted by Gasteiger charge is 2.46. The molecule has 0 aliphatic heterocycles. The molecular formula is C9H10F8O2. The van der Waals surface area contributed by atoms with E-state index in [0.717, 1.165) is 0 Å². The van der Waals surface area contributed by atoms with Crippen molar-refractivity contribution < 1.29 is 44.6 Å². The summed E-state index contributed by atoms with van der Waals surface area (Å²) < 4.78 is 104. The Kier molecular flexibility index (Phi) is 4.99. The van der Waals surface area contributed by atoms with E-state index in [1.54, 1.807) is 0 Å². The van der Waals surface area contributed by atoms with Gasteiger partial charge in [0.25, 0.3) is 0 Å². The van der Waals surface area contributed by atoms with Gasteiger partial charge >= 0.3 is 12.7 Å². The molecule has 2 nitrogen and oxygen atoms in total. The van der Waals surface area contributed by atoms with Gasteiger partial charge in [0.2, 0.25) is 6.43 Å². The Labute approximate surface area is 102 Å². The molecule has 0 N–H and O–H groups in total. The summed E-state index contributed by atoms with van der Waals surface area (Å²) in [5, 5.41) is 0. The number of ether oxygens (including phenoxy) is 2. The molecule has 10 heteroatoms. The van der Waals surface area contributed by atoms with E-state index in [1.165, 1.54) is 0 Å². The summed E-state index contributed by atoms with van der Waals surface area (Å²) in [7, 11) is 0. The number of halogens is 8. The van der Waals surface area contributed by atoms with Crippen LogP contribution in [0.1, 0.15) is 19.3 Å². The molecule has 0 aromatic carbocycles. The van der Waals surface area contributed by atoms with Crippen molar-refractivity contribution in [2.24, 2.45) is 5.92 Å². The molecule has 0 aromatic heterocycles. The number of rotatable bonds is 3. The Morgan fingerprint density at radius 1 is 0.789 bits per heavy atom. The lowest BCUT2D eigenvalue weighted by molar-refractivity contribution is -0.394. The SMILES string of the molecule is FC(F)C1CCC(OC(F)(F)F)C(OC(F)(F)F)C1. The van der Waals surface area contributed by atoms with Crippen molar-refractivity contribution in [2.75, 3.05) is 0 Å². The summed E-state index contributed by atoms with van der Waals surface area (Å²) in [6, 6.07) is 0. The fourth-order valence-corrected chi connectivity index (χ4v) is 1.96. The summed E-state index contributed by atoms with van der Waals surface area (Å²) in [4.78, 5) is 0. The lowest BCUT2D eigenvalue weighted by atomic mass is 9.85. The van der Waals surface area contributed by atoms with E-state index in [-0.39, 0.29) is 6.42 Å². The van der Waals surface area contributed by atoms with Crippen molar-refractivity contribution in [3.63, 3.8) is 0 Å². The summed E-state index contributed by atoms with van der Waals surface area (Å²) in [5.74, 6) is -1.43. The van der Waals surface area contributed by atoms with Crippen LogP contribution in [0.2, 0.25) is 0 Å². The van der Waals surface area contributed by atoms with Gasteiger partial charge in [0, 0.05) is 5.92 Å². The average Bonchev–Trinajstić information content (AvgIpc) is 2.15. The Bertz CT molecular complexity index is 287. The second-order valence-electron chi connectivity index (χ2n) is 4.11. The molecular weight excluding hydrogens is 292 g/mol. The molecule has 1 aliphatic carbocycles. The minimum atomic E-state index is -5.21. The first-order valence-electron chi connectivity index (χ1n) is 5.25. The molecule has 3 atom stereocenters. The van der Waals surface area contributed by atoms with Crippen molar-refractivity contribution in [2.45, 2.75) is 50.6 Å². The predicted molar refractivity (Wildman–Crippen MR) is 45.2 cm³/mol. The fourth-order valence-electron chi connectivity index (χ4n) is 1.96. The Balaban J connectivity index is 2.73. The molecule has 1 fully saturated rings. The number of hydrogen-bond donors (Lipinski definition) is 0. The Hall–Kier alpha value is -0.640. The van der Waals surface area contributed by atoms with Gasteiger partial charge in [0.1, 0.15) is 0 Å². The van der Waals surface area contributed by atoms with E-state index in [2.05, 4.69) is 9.47 Å². The highest BCUT2D eigenvalue weighted by Crippen LogP contribution is 2.37. The lowest BCUT2D eigenvalue weighted by Crippen LogP contribution is -2.44. The van der Waals surface area contributed by atoms with E-state index >= 15 is 0 Å². The maximum atomic E-state index is 12.4. The van der Waals surface area contributed by atoms with Crippen LogP contribution in [0.5, 0.6) is 0 Å². The molecule has 0 radical (unpaired) electrons. The van der Waals surface area contributed by atoms with Gasteiger partial charge in [0.15, 0.2) is 0 Å². The van der Waals surface area contributed by atoms with Crippen molar-refractivity contribution in [3.05, 3.63) is 0 Å². The number of hydrogen-bond acceptors (Lipinski definition) is 2. The van der Waals surface area contributed by atoms with Gasteiger partial charge in [0.05, 0.1) is 12.2 Å². The monoisotopic (exact) mass is 302 g/mol. The van der Waals surface area contributed by atoms with Crippen LogP contribution >= 0.6 is 0 Å². The standard InChI is InChI=1S/C9H10F8O2/c10-7(11)4-1-2-5(18-8(12,13)14)6(3-4)19-9(15,16)17/h4-7H,1-3H2. The van der Waals surface area contributed by atoms with Crippen molar-refractivity contribution >= 4 is 0 Å². The molecule has 0 spiro atoms. The maximum absolute atomic E-state index is 12.4. The normalized spacial score (nSPS) is 29.8. The van der Waals surface area contributed by atoms with Crippen LogP contribution in [0.3, 0.4) is 0 Å². The van der Waals surface area contributed by atoms with Crippen molar-refractivity contribution in [1.82, 2.24) is 0 Å². The van der Waals surface area contributed by atoms with Crippen LogP contribution < -0.4 is 0 Å². The van der Waals surface area contributed by atoms with Gasteiger partial charge in [-0.1, -0.05) is 0 Å². The fraction of sp³-hybridized carbons (Fsp3) is 1.00. The second kappa shape index (κ2) is 5.78. The Morgan fingerprint density at radius 3 is 1.68 bits per heavy atom. The zero-order chi connectivity index (χ0) is 14.8. The first-order chi connectivity index (χ1) is 8.48. The van der Waals surface area contributed by atoms with Gasteiger partial charge in [-0.2, -0.15) is 0 Å². The minimum absolute atomic E-state index is 0.351. The first kappa shape index (κ1) is 16.4. The smallest absolute Gasteiger partial charge is 0.286 e. The van der Waals surface area contributed by atoms with Crippen molar-refractivity contribution in [1.29, 1.82) is 0 Å². The minimum Gasteiger partial charge on any atom is -0.286 e. The van der Waals surface area contributed by atoms with E-state index in [4.69, 9.17) is 0 Å². The molecule has 1 rings (SSSR count). The zero-order valence-corrected chi connectivity index (χ0v) is 9.27. The molecule has 19 heavy (non-hydrogen) atoms. The van der Waals surface area contributed by atoms with E-state index in [1.807, 2.05) is 0 Å². The van der Waals surface area contributed by atoms with Gasteiger partial charge in [-0.3, -0.25) is 9.47 Å². The summed E-state index contributed by atoms with van der Waals surface area (Å²) in [6.07, 6.45) is -19.0. The molecule has 1 aliphatic rings. The quantitative estimate of drug-likeness (QED) is 0.737. The second-order valence-corrected chi connectivity index (χ2v) is 4.11. The Morgan fingerprint density at radius 2 is 1.26 bits per heavy atom. The van der Waals surface area contributed by atoms with Crippen LogP contribution in [0.15, 0.2) is 0 Å². The predicted octanol–water partition coefficient (Wildman–Crippen LogP) is 3.86. The topological polar surface area (TPSA) is 18.5 Å². The van der Waals surface area contributed by atoms with Crippen LogP contribution in [0, 0.1) is 5.92 Å². The molecule has 3 unspecified atom stereocenters. The summed E-state index contributed by atoms with van der Waals surface area (Å²) >= 11 is 0. The van der Waals surface area contributed by atoms with E-state index < -0.39 is 50.1 Å². The van der Waals surface area contributed by atoms with Crippen LogP contribution in [0.25, 0.3) is 0 Å². The molecule has 0 amide bonds. The highest BCUT2D eigenvalue weighted by atomic mass is 19.4. The molecule has 0 saturated heterocycles. The highest BCUT2D eigenvalue weighted by molar-refractivity contribution is 4.83. The largest absolute Gasteiger partial charge is 0.522 e. The van der Waals surface area contributed by atoms with Crippen LogP contribution in [0.4, 0.5) is 35.1 Å². The summed E-state index contributed by atoms with van der Waals surface area (Å²) in [5.41, 5.74) is 0. The first-order valence-corrected chi connectivity index (χ1v) is 5.25. The average molecular weight is 302 g/mol. The van der Waals surface area contributed by atoms with Crippen molar-refractivity contribution in [3.8, 4) is 0 Å². The van der Waals surface area contributed by atoms with Gasteiger partial charge in [-0.05, 0) is 19.3 Å². The third-order valence-electron chi connectivity index (χ3n) is 2.70. The molecule has 114 valence electrons. The third kappa shape index (κ3) is 5.89. The molecule has 0 bridgehead atoms. The molecule has 0 aromatic rings. The third-order valence-corrected chi connectivity index (χ3v) is 2.70. The van der Waals surface area contributed by atoms with E-state index in [9.17, 15) is 35.1 Å². The zero-order valence-electron chi connectivity index (χ0n) is 9.27. The maximum Gasteiger partial charge on any atom is 0.522 e. The molecule has 0 heterocycles. The van der Waals surface area contributed by atoms with E-state index in [0.29, 0.717) is 0 Å². The van der Waals surface area contributed by atoms with Crippen LogP contribution in [-0.4, -0.2) is 31.4 Å². The number of alkyl halides is 8. The van der Waals surface area contributed by atoms with Gasteiger partial charge in [-0.15, -0.1) is 26.3 Å².